The van der Waals surface area contributed by atoms with Crippen LogP contribution in [0.4, 0.5) is 5.69 Å². The summed E-state index contributed by atoms with van der Waals surface area (Å²) in [4.78, 5) is 26.8. The van der Waals surface area contributed by atoms with E-state index in [1.807, 2.05) is 55.7 Å². The average Bonchev–Trinajstić information content (AvgIpc) is 3.25. The summed E-state index contributed by atoms with van der Waals surface area (Å²) in [6, 6.07) is 13.9. The van der Waals surface area contributed by atoms with Crippen LogP contribution < -0.4 is 10.9 Å². The fraction of sp³-hybridized carbons (Fsp3) is 0.304. The first kappa shape index (κ1) is 21.7. The molecule has 3 aromatic heterocycles. The molecule has 8 nitrogen and oxygen atoms in total. The van der Waals surface area contributed by atoms with Gasteiger partial charge in [-0.25, -0.2) is 4.68 Å². The molecule has 0 atom stereocenters. The molecule has 5 rings (SSSR count). The largest absolute Gasteiger partial charge is 0.320 e. The SMILES string of the molecule is Cc1c(NC(=O)CCSc2nnc(-c3cccs3)n2C2CC2)c(=O)n(-c2ccccc2)n1C. The molecule has 1 saturated carbocycles. The van der Waals surface area contributed by atoms with Crippen molar-refractivity contribution >= 4 is 34.7 Å². The highest BCUT2D eigenvalue weighted by molar-refractivity contribution is 7.99. The summed E-state index contributed by atoms with van der Waals surface area (Å²) in [7, 11) is 1.81. The molecule has 10 heteroatoms. The van der Waals surface area contributed by atoms with E-state index in [0.717, 1.165) is 34.4 Å². The zero-order valence-corrected chi connectivity index (χ0v) is 20.0. The van der Waals surface area contributed by atoms with Gasteiger partial charge in [-0.1, -0.05) is 36.0 Å². The maximum Gasteiger partial charge on any atom is 0.295 e. The summed E-state index contributed by atoms with van der Waals surface area (Å²) in [5.41, 5.74) is 1.54. The number of thioether (sulfide) groups is 1. The van der Waals surface area contributed by atoms with Gasteiger partial charge in [0.1, 0.15) is 5.69 Å². The van der Waals surface area contributed by atoms with E-state index in [-0.39, 0.29) is 17.9 Å². The second-order valence-electron chi connectivity index (χ2n) is 7.97. The Labute approximate surface area is 199 Å². The number of anilines is 1. The first-order valence-electron chi connectivity index (χ1n) is 10.8. The summed E-state index contributed by atoms with van der Waals surface area (Å²) in [5.74, 6) is 1.27. The van der Waals surface area contributed by atoms with Gasteiger partial charge in [-0.15, -0.1) is 21.5 Å². The van der Waals surface area contributed by atoms with Crippen molar-refractivity contribution in [3.63, 3.8) is 0 Å². The van der Waals surface area contributed by atoms with Gasteiger partial charge in [0, 0.05) is 25.3 Å². The van der Waals surface area contributed by atoms with Crippen LogP contribution in [0.3, 0.4) is 0 Å². The Hall–Kier alpha value is -3.11. The molecule has 0 saturated heterocycles. The highest BCUT2D eigenvalue weighted by Crippen LogP contribution is 2.41. The van der Waals surface area contributed by atoms with Crippen molar-refractivity contribution in [2.24, 2.45) is 7.05 Å². The predicted octanol–water partition coefficient (Wildman–Crippen LogP) is 4.26. The minimum absolute atomic E-state index is 0.190. The van der Waals surface area contributed by atoms with E-state index in [1.54, 1.807) is 20.7 Å². The van der Waals surface area contributed by atoms with Crippen molar-refractivity contribution in [2.45, 2.75) is 37.4 Å². The molecule has 1 aliphatic carbocycles. The first-order chi connectivity index (χ1) is 16.0. The lowest BCUT2D eigenvalue weighted by molar-refractivity contribution is -0.115. The number of amides is 1. The number of carbonyl (C=O) groups is 1. The number of thiophene rings is 1. The average molecular weight is 481 g/mol. The predicted molar refractivity (Wildman–Crippen MR) is 131 cm³/mol. The molecule has 33 heavy (non-hydrogen) atoms. The Kier molecular flexibility index (Phi) is 5.94. The Morgan fingerprint density at radius 1 is 1.18 bits per heavy atom. The van der Waals surface area contributed by atoms with Crippen LogP contribution in [0, 0.1) is 6.92 Å². The van der Waals surface area contributed by atoms with Crippen LogP contribution in [0.15, 0.2) is 57.8 Å². The number of aromatic nitrogens is 5. The van der Waals surface area contributed by atoms with Crippen LogP contribution >= 0.6 is 23.1 Å². The molecule has 1 aromatic carbocycles. The number of nitrogens with zero attached hydrogens (tertiary/aromatic N) is 5. The smallest absolute Gasteiger partial charge is 0.295 e. The van der Waals surface area contributed by atoms with Crippen molar-refractivity contribution in [1.29, 1.82) is 0 Å². The number of benzene rings is 1. The fourth-order valence-corrected chi connectivity index (χ4v) is 5.41. The van der Waals surface area contributed by atoms with E-state index in [0.29, 0.717) is 23.2 Å². The molecule has 0 spiro atoms. The summed E-state index contributed by atoms with van der Waals surface area (Å²) in [5, 5.41) is 14.5. The van der Waals surface area contributed by atoms with Gasteiger partial charge >= 0.3 is 0 Å². The highest BCUT2D eigenvalue weighted by atomic mass is 32.2. The minimum atomic E-state index is -0.240. The molecule has 4 aromatic rings. The van der Waals surface area contributed by atoms with Crippen LogP contribution in [-0.2, 0) is 11.8 Å². The molecule has 1 amide bonds. The molecule has 1 N–H and O–H groups in total. The van der Waals surface area contributed by atoms with Crippen LogP contribution in [0.25, 0.3) is 16.4 Å². The Bertz CT molecular complexity index is 1330. The Balaban J connectivity index is 1.26. The summed E-state index contributed by atoms with van der Waals surface area (Å²) in [6.45, 7) is 1.83. The maximum atomic E-state index is 13.0. The zero-order valence-electron chi connectivity index (χ0n) is 18.4. The third kappa shape index (κ3) is 4.28. The quantitative estimate of drug-likeness (QED) is 0.381. The van der Waals surface area contributed by atoms with Gasteiger partial charge in [0.15, 0.2) is 11.0 Å². The van der Waals surface area contributed by atoms with E-state index in [9.17, 15) is 9.59 Å². The number of carbonyl (C=O) groups excluding carboxylic acids is 1. The fourth-order valence-electron chi connectivity index (χ4n) is 3.76. The van der Waals surface area contributed by atoms with E-state index < -0.39 is 0 Å². The lowest BCUT2D eigenvalue weighted by Crippen LogP contribution is -2.23. The first-order valence-corrected chi connectivity index (χ1v) is 12.7. The number of para-hydroxylation sites is 1. The van der Waals surface area contributed by atoms with E-state index in [2.05, 4.69) is 26.1 Å². The molecule has 1 fully saturated rings. The van der Waals surface area contributed by atoms with Gasteiger partial charge < -0.3 is 5.32 Å². The Morgan fingerprint density at radius 3 is 2.67 bits per heavy atom. The summed E-state index contributed by atoms with van der Waals surface area (Å²) < 4.78 is 5.52. The summed E-state index contributed by atoms with van der Waals surface area (Å²) >= 11 is 3.18. The van der Waals surface area contributed by atoms with Crippen molar-refractivity contribution in [1.82, 2.24) is 24.1 Å². The Morgan fingerprint density at radius 2 is 1.97 bits per heavy atom. The number of hydrogen-bond donors (Lipinski definition) is 1. The van der Waals surface area contributed by atoms with Gasteiger partial charge in [-0.05, 0) is 43.3 Å². The molecule has 0 aliphatic heterocycles. The topological polar surface area (TPSA) is 86.7 Å². The van der Waals surface area contributed by atoms with Gasteiger partial charge in [0.25, 0.3) is 5.56 Å². The zero-order chi connectivity index (χ0) is 22.9. The van der Waals surface area contributed by atoms with Crippen molar-refractivity contribution < 1.29 is 4.79 Å². The number of hydrogen-bond acceptors (Lipinski definition) is 6. The van der Waals surface area contributed by atoms with Crippen molar-refractivity contribution in [3.05, 3.63) is 63.9 Å². The molecule has 0 radical (unpaired) electrons. The molecule has 0 unspecified atom stereocenters. The molecular weight excluding hydrogens is 456 g/mol. The molecule has 170 valence electrons. The van der Waals surface area contributed by atoms with E-state index >= 15 is 0 Å². The number of nitrogens with one attached hydrogen (secondary N) is 1. The van der Waals surface area contributed by atoms with Crippen molar-refractivity contribution in [3.8, 4) is 16.4 Å². The van der Waals surface area contributed by atoms with Crippen LogP contribution in [0.5, 0.6) is 0 Å². The number of rotatable bonds is 8. The third-order valence-electron chi connectivity index (χ3n) is 5.70. The van der Waals surface area contributed by atoms with Crippen LogP contribution in [0.1, 0.15) is 31.0 Å². The van der Waals surface area contributed by atoms with Gasteiger partial charge in [0.2, 0.25) is 5.91 Å². The van der Waals surface area contributed by atoms with Crippen LogP contribution in [-0.4, -0.2) is 35.8 Å². The normalized spacial score (nSPS) is 13.4. The monoisotopic (exact) mass is 480 g/mol. The molecule has 1 aliphatic rings. The second kappa shape index (κ2) is 9.03. The van der Waals surface area contributed by atoms with Gasteiger partial charge in [-0.3, -0.25) is 18.8 Å². The molecule has 0 bridgehead atoms. The molecular formula is C23H24N6O2S2. The molecule has 3 heterocycles. The second-order valence-corrected chi connectivity index (χ2v) is 9.98. The van der Waals surface area contributed by atoms with E-state index in [1.165, 1.54) is 11.8 Å². The maximum absolute atomic E-state index is 13.0. The summed E-state index contributed by atoms with van der Waals surface area (Å²) in [6.07, 6.45) is 2.53. The van der Waals surface area contributed by atoms with Gasteiger partial charge in [-0.2, -0.15) is 0 Å². The third-order valence-corrected chi connectivity index (χ3v) is 7.51. The van der Waals surface area contributed by atoms with Gasteiger partial charge in [0.05, 0.1) is 16.3 Å². The van der Waals surface area contributed by atoms with Crippen LogP contribution in [0.2, 0.25) is 0 Å². The standard InChI is InChI=1S/C23H24N6O2S2/c1-15-20(22(31)29(27(15)2)17-7-4-3-5-8-17)24-19(30)12-14-33-23-26-25-21(18-9-6-13-32-18)28(23)16-10-11-16/h3-9,13,16H,10-12,14H2,1-2H3,(H,24,30). The van der Waals surface area contributed by atoms with E-state index in [4.69, 9.17) is 0 Å². The van der Waals surface area contributed by atoms with Crippen molar-refractivity contribution in [2.75, 3.05) is 11.1 Å². The lowest BCUT2D eigenvalue weighted by Gasteiger charge is -2.08. The minimum Gasteiger partial charge on any atom is -0.320 e. The highest BCUT2D eigenvalue weighted by Gasteiger charge is 2.30. The lowest BCUT2D eigenvalue weighted by atomic mass is 10.3.